The first-order valence-corrected chi connectivity index (χ1v) is 6.47. The van der Waals surface area contributed by atoms with Gasteiger partial charge in [-0.05, 0) is 51.2 Å². The summed E-state index contributed by atoms with van der Waals surface area (Å²) in [7, 11) is 4.26. The van der Waals surface area contributed by atoms with Gasteiger partial charge >= 0.3 is 0 Å². The Hall–Kier alpha value is -1.53. The molecular weight excluding hydrogens is 224 g/mol. The van der Waals surface area contributed by atoms with E-state index >= 15 is 0 Å². The normalized spacial score (nSPS) is 17.7. The van der Waals surface area contributed by atoms with E-state index in [0.717, 1.165) is 12.4 Å². The topological polar surface area (TPSA) is 36.3 Å². The number of hydrogen-bond donors (Lipinski definition) is 0. The molecule has 0 saturated heterocycles. The van der Waals surface area contributed by atoms with Crippen molar-refractivity contribution in [2.75, 3.05) is 20.7 Å². The molecule has 0 spiro atoms. The lowest BCUT2D eigenvalue weighted by atomic mass is 9.97. The monoisotopic (exact) mass is 244 g/mol. The van der Waals surface area contributed by atoms with Crippen LogP contribution in [0.25, 0.3) is 0 Å². The summed E-state index contributed by atoms with van der Waals surface area (Å²) in [4.78, 5) is 2.30. The molecule has 0 unspecified atom stereocenters. The van der Waals surface area contributed by atoms with Gasteiger partial charge in [0, 0.05) is 0 Å². The molecule has 1 aliphatic rings. The highest BCUT2D eigenvalue weighted by Crippen LogP contribution is 2.34. The van der Waals surface area contributed by atoms with Crippen molar-refractivity contribution in [1.29, 1.82) is 5.26 Å². The average Bonchev–Trinajstić information content (AvgIpc) is 2.87. The maximum Gasteiger partial charge on any atom is 0.119 e. The van der Waals surface area contributed by atoms with Gasteiger partial charge in [0.15, 0.2) is 0 Å². The van der Waals surface area contributed by atoms with Crippen LogP contribution in [-0.4, -0.2) is 31.1 Å². The van der Waals surface area contributed by atoms with Crippen molar-refractivity contribution in [2.45, 2.75) is 31.2 Å². The van der Waals surface area contributed by atoms with E-state index in [1.165, 1.54) is 25.7 Å². The van der Waals surface area contributed by atoms with Crippen molar-refractivity contribution in [3.05, 3.63) is 29.8 Å². The number of ether oxygens (including phenoxy) is 1. The van der Waals surface area contributed by atoms with Crippen LogP contribution in [0.5, 0.6) is 5.75 Å². The molecule has 0 aromatic heterocycles. The molecule has 3 heteroatoms. The summed E-state index contributed by atoms with van der Waals surface area (Å²) in [5, 5.41) is 8.75. The van der Waals surface area contributed by atoms with E-state index in [9.17, 15) is 0 Å². The number of nitrogens with zero attached hydrogens (tertiary/aromatic N) is 2. The van der Waals surface area contributed by atoms with E-state index in [1.807, 2.05) is 12.1 Å². The minimum atomic E-state index is 0.188. The van der Waals surface area contributed by atoms with Crippen molar-refractivity contribution < 1.29 is 4.74 Å². The highest BCUT2D eigenvalue weighted by atomic mass is 16.5. The van der Waals surface area contributed by atoms with Gasteiger partial charge in [0.05, 0.1) is 17.2 Å². The lowest BCUT2D eigenvalue weighted by Gasteiger charge is -2.35. The second-order valence-electron chi connectivity index (χ2n) is 5.25. The van der Waals surface area contributed by atoms with Gasteiger partial charge in [-0.3, -0.25) is 0 Å². The molecular formula is C15H20N2O. The molecule has 0 heterocycles. The fourth-order valence-corrected chi connectivity index (χ4v) is 2.60. The van der Waals surface area contributed by atoms with E-state index in [2.05, 4.69) is 25.1 Å². The minimum absolute atomic E-state index is 0.188. The molecule has 96 valence electrons. The van der Waals surface area contributed by atoms with Crippen LogP contribution < -0.4 is 4.74 Å². The van der Waals surface area contributed by atoms with Gasteiger partial charge in [-0.2, -0.15) is 5.26 Å². The standard InChI is InChI=1S/C15H20N2O/c1-17(2)15(9-3-4-10-15)12-18-14-7-5-13(11-16)6-8-14/h5-8H,3-4,9-10,12H2,1-2H3. The van der Waals surface area contributed by atoms with E-state index in [-0.39, 0.29) is 5.54 Å². The first kappa shape index (κ1) is 12.9. The Morgan fingerprint density at radius 1 is 1.22 bits per heavy atom. The highest BCUT2D eigenvalue weighted by Gasteiger charge is 2.36. The van der Waals surface area contributed by atoms with E-state index < -0.39 is 0 Å². The molecule has 0 bridgehead atoms. The Bertz CT molecular complexity index is 425. The van der Waals surface area contributed by atoms with Crippen LogP contribution in [0.15, 0.2) is 24.3 Å². The molecule has 0 aliphatic heterocycles. The van der Waals surface area contributed by atoms with Gasteiger partial charge in [0.2, 0.25) is 0 Å². The fraction of sp³-hybridized carbons (Fsp3) is 0.533. The van der Waals surface area contributed by atoms with Crippen molar-refractivity contribution in [3.63, 3.8) is 0 Å². The second-order valence-corrected chi connectivity index (χ2v) is 5.25. The summed E-state index contributed by atoms with van der Waals surface area (Å²) >= 11 is 0. The number of nitriles is 1. The number of rotatable bonds is 4. The molecule has 0 atom stereocenters. The van der Waals surface area contributed by atoms with Crippen molar-refractivity contribution >= 4 is 0 Å². The summed E-state index contributed by atoms with van der Waals surface area (Å²) in [6.07, 6.45) is 4.98. The predicted molar refractivity (Wildman–Crippen MR) is 71.5 cm³/mol. The van der Waals surface area contributed by atoms with Crippen LogP contribution >= 0.6 is 0 Å². The third-order valence-electron chi connectivity index (χ3n) is 3.97. The zero-order valence-electron chi connectivity index (χ0n) is 11.1. The molecule has 0 amide bonds. The first-order chi connectivity index (χ1) is 8.66. The summed E-state index contributed by atoms with van der Waals surface area (Å²) in [6.45, 7) is 0.728. The largest absolute Gasteiger partial charge is 0.492 e. The summed E-state index contributed by atoms with van der Waals surface area (Å²) in [5.74, 6) is 0.849. The Morgan fingerprint density at radius 2 is 1.83 bits per heavy atom. The van der Waals surface area contributed by atoms with Crippen LogP contribution in [0.1, 0.15) is 31.2 Å². The van der Waals surface area contributed by atoms with Crippen molar-refractivity contribution in [2.24, 2.45) is 0 Å². The van der Waals surface area contributed by atoms with Crippen molar-refractivity contribution in [1.82, 2.24) is 4.90 Å². The Labute approximate surface area is 109 Å². The molecule has 0 N–H and O–H groups in total. The molecule has 1 aliphatic carbocycles. The fourth-order valence-electron chi connectivity index (χ4n) is 2.60. The van der Waals surface area contributed by atoms with Gasteiger partial charge < -0.3 is 9.64 Å². The van der Waals surface area contributed by atoms with Crippen molar-refractivity contribution in [3.8, 4) is 11.8 Å². The number of benzene rings is 1. The van der Waals surface area contributed by atoms with Gasteiger partial charge in [0.1, 0.15) is 12.4 Å². The Kier molecular flexibility index (Phi) is 3.88. The maximum absolute atomic E-state index is 8.75. The summed E-state index contributed by atoms with van der Waals surface area (Å²) < 4.78 is 5.90. The van der Waals surface area contributed by atoms with E-state index in [4.69, 9.17) is 10.00 Å². The molecule has 2 rings (SSSR count). The SMILES string of the molecule is CN(C)C1(COc2ccc(C#N)cc2)CCCC1. The summed E-state index contributed by atoms with van der Waals surface area (Å²) in [5.41, 5.74) is 0.860. The first-order valence-electron chi connectivity index (χ1n) is 6.47. The molecule has 18 heavy (non-hydrogen) atoms. The van der Waals surface area contributed by atoms with Crippen LogP contribution in [0, 0.1) is 11.3 Å². The highest BCUT2D eigenvalue weighted by molar-refractivity contribution is 5.34. The molecule has 1 aromatic rings. The second kappa shape index (κ2) is 5.41. The van der Waals surface area contributed by atoms with Crippen LogP contribution in [-0.2, 0) is 0 Å². The molecule has 3 nitrogen and oxygen atoms in total. The van der Waals surface area contributed by atoms with Crippen LogP contribution in [0.4, 0.5) is 0 Å². The predicted octanol–water partition coefficient (Wildman–Crippen LogP) is 2.81. The zero-order valence-corrected chi connectivity index (χ0v) is 11.1. The smallest absolute Gasteiger partial charge is 0.119 e. The Morgan fingerprint density at radius 3 is 2.33 bits per heavy atom. The summed E-state index contributed by atoms with van der Waals surface area (Å²) in [6, 6.07) is 9.45. The molecule has 1 aromatic carbocycles. The quantitative estimate of drug-likeness (QED) is 0.817. The van der Waals surface area contributed by atoms with Crippen LogP contribution in [0.2, 0.25) is 0 Å². The Balaban J connectivity index is 1.99. The van der Waals surface area contributed by atoms with E-state index in [0.29, 0.717) is 5.56 Å². The van der Waals surface area contributed by atoms with Crippen LogP contribution in [0.3, 0.4) is 0 Å². The van der Waals surface area contributed by atoms with Gasteiger partial charge in [-0.15, -0.1) is 0 Å². The lowest BCUT2D eigenvalue weighted by molar-refractivity contribution is 0.0865. The minimum Gasteiger partial charge on any atom is -0.492 e. The van der Waals surface area contributed by atoms with Gasteiger partial charge in [-0.25, -0.2) is 0 Å². The molecule has 1 fully saturated rings. The molecule has 0 radical (unpaired) electrons. The number of hydrogen-bond acceptors (Lipinski definition) is 3. The molecule has 1 saturated carbocycles. The maximum atomic E-state index is 8.75. The third kappa shape index (κ3) is 2.65. The third-order valence-corrected chi connectivity index (χ3v) is 3.97. The van der Waals surface area contributed by atoms with E-state index in [1.54, 1.807) is 12.1 Å². The van der Waals surface area contributed by atoms with Gasteiger partial charge in [-0.1, -0.05) is 12.8 Å². The van der Waals surface area contributed by atoms with Gasteiger partial charge in [0.25, 0.3) is 0 Å². The zero-order chi connectivity index (χ0) is 13.0. The average molecular weight is 244 g/mol. The lowest BCUT2D eigenvalue weighted by Crippen LogP contribution is -2.46. The number of likely N-dealkylation sites (N-methyl/N-ethyl adjacent to an activating group) is 1.